The van der Waals surface area contributed by atoms with E-state index in [0.717, 1.165) is 18.9 Å². The molecule has 0 saturated carbocycles. The molecule has 1 fully saturated rings. The predicted octanol–water partition coefficient (Wildman–Crippen LogP) is 4.98. The van der Waals surface area contributed by atoms with Crippen LogP contribution in [0.1, 0.15) is 43.1 Å². The first-order valence-electron chi connectivity index (χ1n) is 11.7. The summed E-state index contributed by atoms with van der Waals surface area (Å²) in [7, 11) is 0. The lowest BCUT2D eigenvalue weighted by Crippen LogP contribution is -2.48. The van der Waals surface area contributed by atoms with Gasteiger partial charge in [0, 0.05) is 73.6 Å². The molecule has 0 bridgehead atoms. The molecule has 3 aromatic rings. The maximum absolute atomic E-state index is 11.9. The first-order chi connectivity index (χ1) is 17.3. The fourth-order valence-electron chi connectivity index (χ4n) is 4.18. The number of nitrogens with two attached hydrogens (primary N) is 1. The third-order valence-electron chi connectivity index (χ3n) is 6.20. The summed E-state index contributed by atoms with van der Waals surface area (Å²) in [6.45, 7) is 6.55. The predicted molar refractivity (Wildman–Crippen MR) is 143 cm³/mol. The number of carbonyl (C=O) groups is 1. The summed E-state index contributed by atoms with van der Waals surface area (Å²) in [6.07, 6.45) is 4.80. The summed E-state index contributed by atoms with van der Waals surface area (Å²) in [4.78, 5) is 24.5. The number of hydrogen-bond acceptors (Lipinski definition) is 7. The molecule has 3 N–H and O–H groups in total. The Morgan fingerprint density at radius 3 is 2.42 bits per heavy atom. The Morgan fingerprint density at radius 2 is 1.81 bits per heavy atom. The second-order valence-corrected chi connectivity index (χ2v) is 9.34. The second kappa shape index (κ2) is 11.1. The van der Waals surface area contributed by atoms with E-state index in [1.54, 1.807) is 24.4 Å². The van der Waals surface area contributed by atoms with E-state index in [9.17, 15) is 4.79 Å². The van der Waals surface area contributed by atoms with E-state index < -0.39 is 6.10 Å². The summed E-state index contributed by atoms with van der Waals surface area (Å²) in [5.74, 6) is 1.53. The van der Waals surface area contributed by atoms with Crippen molar-refractivity contribution in [2.45, 2.75) is 26.4 Å². The number of pyridine rings is 2. The van der Waals surface area contributed by atoms with Crippen LogP contribution < -0.4 is 15.4 Å². The number of halogens is 2. The second-order valence-electron chi connectivity index (χ2n) is 8.53. The summed E-state index contributed by atoms with van der Waals surface area (Å²) in [6, 6.07) is 8.94. The Balaban J connectivity index is 1.47. The molecule has 0 aliphatic carbocycles. The molecule has 0 radical (unpaired) electrons. The molecule has 1 aromatic carbocycles. The molecule has 36 heavy (non-hydrogen) atoms. The van der Waals surface area contributed by atoms with Crippen molar-refractivity contribution in [3.05, 3.63) is 75.7 Å². The standard InChI is InChI=1S/C26H28Cl2N6O2/c1-3-24(35)34-10-8-33(9-11-34)23-7-4-17(13-32-23)26(30)19-12-18(5-6-22(19)29)36-16(2)25-20(27)14-31-15-21(25)28/h4-7,12-16,30H,3,8-11,29H2,1-2H3/t16-/m1/s1. The molecule has 188 valence electrons. The SMILES string of the molecule is CCC(=O)N1CCN(c2ccc(C(=N)c3cc(O[C@H](C)c4c(Cl)cncc4Cl)ccc3N)cn2)CC1. The quantitative estimate of drug-likeness (QED) is 0.332. The lowest BCUT2D eigenvalue weighted by atomic mass is 10.0. The van der Waals surface area contributed by atoms with Gasteiger partial charge >= 0.3 is 0 Å². The van der Waals surface area contributed by atoms with Gasteiger partial charge in [0.05, 0.1) is 15.8 Å². The number of benzene rings is 1. The summed E-state index contributed by atoms with van der Waals surface area (Å²) >= 11 is 12.5. The average molecular weight is 527 g/mol. The molecule has 4 rings (SSSR count). The van der Waals surface area contributed by atoms with E-state index in [1.165, 1.54) is 12.4 Å². The Morgan fingerprint density at radius 1 is 1.11 bits per heavy atom. The van der Waals surface area contributed by atoms with Gasteiger partial charge in [-0.25, -0.2) is 4.98 Å². The number of nitrogen functional groups attached to an aromatic ring is 1. The number of ether oxygens (including phenoxy) is 1. The molecule has 8 nitrogen and oxygen atoms in total. The van der Waals surface area contributed by atoms with E-state index in [-0.39, 0.29) is 11.6 Å². The number of nitrogens with one attached hydrogen (secondary N) is 1. The maximum Gasteiger partial charge on any atom is 0.222 e. The van der Waals surface area contributed by atoms with Crippen LogP contribution in [0.4, 0.5) is 11.5 Å². The van der Waals surface area contributed by atoms with Crippen LogP contribution in [-0.4, -0.2) is 52.7 Å². The monoisotopic (exact) mass is 526 g/mol. The molecule has 1 aliphatic heterocycles. The van der Waals surface area contributed by atoms with Gasteiger partial charge in [-0.2, -0.15) is 0 Å². The molecule has 1 amide bonds. The highest BCUT2D eigenvalue weighted by molar-refractivity contribution is 6.35. The zero-order valence-corrected chi connectivity index (χ0v) is 21.7. The summed E-state index contributed by atoms with van der Waals surface area (Å²) in [5.41, 5.74) is 8.71. The van der Waals surface area contributed by atoms with Crippen molar-refractivity contribution in [1.82, 2.24) is 14.9 Å². The number of nitrogens with zero attached hydrogens (tertiary/aromatic N) is 4. The molecule has 3 heterocycles. The Kier molecular flexibility index (Phi) is 7.96. The van der Waals surface area contributed by atoms with Crippen LogP contribution >= 0.6 is 23.2 Å². The first-order valence-corrected chi connectivity index (χ1v) is 12.5. The van der Waals surface area contributed by atoms with Gasteiger partial charge in [-0.1, -0.05) is 30.1 Å². The van der Waals surface area contributed by atoms with Gasteiger partial charge in [0.25, 0.3) is 0 Å². The number of anilines is 2. The zero-order chi connectivity index (χ0) is 25.8. The van der Waals surface area contributed by atoms with Crippen molar-refractivity contribution in [2.75, 3.05) is 36.8 Å². The van der Waals surface area contributed by atoms with Crippen LogP contribution in [-0.2, 0) is 4.79 Å². The molecular formula is C26H28Cl2N6O2. The van der Waals surface area contributed by atoms with Gasteiger partial charge in [0.15, 0.2) is 0 Å². The van der Waals surface area contributed by atoms with Crippen molar-refractivity contribution in [3.8, 4) is 5.75 Å². The van der Waals surface area contributed by atoms with Crippen LogP contribution in [0.3, 0.4) is 0 Å². The van der Waals surface area contributed by atoms with Crippen LogP contribution in [0.25, 0.3) is 0 Å². The van der Waals surface area contributed by atoms with E-state index >= 15 is 0 Å². The normalized spacial score (nSPS) is 14.4. The van der Waals surface area contributed by atoms with Crippen molar-refractivity contribution in [1.29, 1.82) is 5.41 Å². The summed E-state index contributed by atoms with van der Waals surface area (Å²) < 4.78 is 6.08. The van der Waals surface area contributed by atoms with Crippen molar-refractivity contribution in [2.24, 2.45) is 0 Å². The van der Waals surface area contributed by atoms with Crippen molar-refractivity contribution < 1.29 is 9.53 Å². The number of piperazine rings is 1. The summed E-state index contributed by atoms with van der Waals surface area (Å²) in [5, 5.41) is 9.59. The van der Waals surface area contributed by atoms with Gasteiger partial charge in [0.1, 0.15) is 17.7 Å². The maximum atomic E-state index is 11.9. The fraction of sp³-hybridized carbons (Fsp3) is 0.308. The zero-order valence-electron chi connectivity index (χ0n) is 20.2. The number of rotatable bonds is 7. The smallest absolute Gasteiger partial charge is 0.222 e. The Labute approximate surface area is 220 Å². The minimum atomic E-state index is -0.437. The van der Waals surface area contributed by atoms with Crippen LogP contribution in [0, 0.1) is 5.41 Å². The molecule has 1 saturated heterocycles. The topological polar surface area (TPSA) is 108 Å². The lowest BCUT2D eigenvalue weighted by Gasteiger charge is -2.35. The van der Waals surface area contributed by atoms with Gasteiger partial charge < -0.3 is 20.3 Å². The molecule has 10 heteroatoms. The van der Waals surface area contributed by atoms with Crippen LogP contribution in [0.2, 0.25) is 10.0 Å². The van der Waals surface area contributed by atoms with Crippen molar-refractivity contribution >= 4 is 46.3 Å². The minimum Gasteiger partial charge on any atom is -0.486 e. The lowest BCUT2D eigenvalue weighted by molar-refractivity contribution is -0.131. The molecular weight excluding hydrogens is 499 g/mol. The van der Waals surface area contributed by atoms with Gasteiger partial charge in [-0.3, -0.25) is 15.2 Å². The van der Waals surface area contributed by atoms with E-state index in [0.29, 0.717) is 57.7 Å². The molecule has 0 unspecified atom stereocenters. The molecule has 2 aromatic heterocycles. The minimum absolute atomic E-state index is 0.177. The Bertz CT molecular complexity index is 1240. The highest BCUT2D eigenvalue weighted by Crippen LogP contribution is 2.33. The van der Waals surface area contributed by atoms with Crippen molar-refractivity contribution in [3.63, 3.8) is 0 Å². The largest absolute Gasteiger partial charge is 0.486 e. The van der Waals surface area contributed by atoms with Crippen LogP contribution in [0.15, 0.2) is 48.9 Å². The highest BCUT2D eigenvalue weighted by Gasteiger charge is 2.21. The molecule has 0 spiro atoms. The first kappa shape index (κ1) is 25.7. The number of aromatic nitrogens is 2. The molecule has 1 atom stereocenters. The number of carbonyl (C=O) groups excluding carboxylic acids is 1. The van der Waals surface area contributed by atoms with E-state index in [4.69, 9.17) is 39.1 Å². The number of amides is 1. The Hall–Kier alpha value is -3.36. The third kappa shape index (κ3) is 5.55. The molecule has 1 aliphatic rings. The van der Waals surface area contributed by atoms with Gasteiger partial charge in [-0.05, 0) is 37.3 Å². The van der Waals surface area contributed by atoms with E-state index in [1.807, 2.05) is 30.9 Å². The van der Waals surface area contributed by atoms with E-state index in [2.05, 4.69) is 14.9 Å². The third-order valence-corrected chi connectivity index (χ3v) is 6.80. The van der Waals surface area contributed by atoms with Gasteiger partial charge in [-0.15, -0.1) is 0 Å². The number of hydrogen-bond donors (Lipinski definition) is 2. The average Bonchev–Trinajstić information content (AvgIpc) is 2.89. The fourth-order valence-corrected chi connectivity index (χ4v) is 4.85. The van der Waals surface area contributed by atoms with Gasteiger partial charge in [0.2, 0.25) is 5.91 Å². The highest BCUT2D eigenvalue weighted by atomic mass is 35.5. The van der Waals surface area contributed by atoms with Crippen LogP contribution in [0.5, 0.6) is 5.75 Å².